The van der Waals surface area contributed by atoms with E-state index in [1.165, 1.54) is 0 Å². The van der Waals surface area contributed by atoms with Gasteiger partial charge < -0.3 is 29.2 Å². The lowest BCUT2D eigenvalue weighted by Gasteiger charge is -2.31. The maximum atomic E-state index is 12.0. The fraction of sp³-hybridized carbons (Fsp3) is 0.652. The van der Waals surface area contributed by atoms with Crippen molar-refractivity contribution >= 4 is 12.1 Å². The molecule has 1 aromatic carbocycles. The van der Waals surface area contributed by atoms with Gasteiger partial charge in [0.2, 0.25) is 0 Å². The van der Waals surface area contributed by atoms with E-state index in [-0.39, 0.29) is 31.3 Å². The topological polar surface area (TPSA) is 86.3 Å². The highest BCUT2D eigenvalue weighted by Crippen LogP contribution is 2.11. The van der Waals surface area contributed by atoms with Gasteiger partial charge in [-0.1, -0.05) is 30.3 Å². The van der Waals surface area contributed by atoms with E-state index in [1.807, 2.05) is 51.1 Å². The average Bonchev–Trinajstić information content (AvgIpc) is 2.72. The molecule has 0 atom stereocenters. The molecule has 1 fully saturated rings. The average molecular weight is 437 g/mol. The summed E-state index contributed by atoms with van der Waals surface area (Å²) in [6, 6.07) is 9.78. The summed E-state index contributed by atoms with van der Waals surface area (Å²) < 4.78 is 21.3. The summed E-state index contributed by atoms with van der Waals surface area (Å²) in [6.45, 7) is 9.73. The van der Waals surface area contributed by atoms with Gasteiger partial charge in [0.05, 0.1) is 19.8 Å². The zero-order valence-corrected chi connectivity index (χ0v) is 18.9. The Bertz CT molecular complexity index is 654. The summed E-state index contributed by atoms with van der Waals surface area (Å²) in [4.78, 5) is 25.8. The number of nitrogens with one attached hydrogen (secondary N) is 1. The summed E-state index contributed by atoms with van der Waals surface area (Å²) in [5, 5.41) is 2.95. The number of esters is 1. The van der Waals surface area contributed by atoms with Crippen LogP contribution in [0.15, 0.2) is 30.3 Å². The summed E-state index contributed by atoms with van der Waals surface area (Å²) >= 11 is 0. The SMILES string of the molecule is CC(C)(C)OC(=O)COCCOCCN1CCC(NC(=O)OCc2ccccc2)CC1. The zero-order valence-electron chi connectivity index (χ0n) is 18.9. The van der Waals surface area contributed by atoms with Crippen LogP contribution in [0.5, 0.6) is 0 Å². The molecule has 2 rings (SSSR count). The molecule has 1 amide bonds. The molecule has 31 heavy (non-hydrogen) atoms. The number of hydrogen-bond donors (Lipinski definition) is 1. The van der Waals surface area contributed by atoms with E-state index >= 15 is 0 Å². The molecule has 0 bridgehead atoms. The van der Waals surface area contributed by atoms with Crippen LogP contribution in [0.2, 0.25) is 0 Å². The van der Waals surface area contributed by atoms with Crippen LogP contribution >= 0.6 is 0 Å². The zero-order chi connectivity index (χ0) is 22.5. The van der Waals surface area contributed by atoms with E-state index < -0.39 is 5.60 Å². The van der Waals surface area contributed by atoms with Gasteiger partial charge in [-0.15, -0.1) is 0 Å². The van der Waals surface area contributed by atoms with Crippen LogP contribution < -0.4 is 5.32 Å². The molecule has 0 aliphatic carbocycles. The van der Waals surface area contributed by atoms with Gasteiger partial charge in [0.1, 0.15) is 18.8 Å². The lowest BCUT2D eigenvalue weighted by atomic mass is 10.1. The van der Waals surface area contributed by atoms with Gasteiger partial charge in [-0.25, -0.2) is 9.59 Å². The normalized spacial score (nSPS) is 15.5. The number of piperidine rings is 1. The van der Waals surface area contributed by atoms with Crippen molar-refractivity contribution < 1.29 is 28.5 Å². The molecule has 1 N–H and O–H groups in total. The fourth-order valence-electron chi connectivity index (χ4n) is 3.17. The molecule has 1 aliphatic heterocycles. The maximum Gasteiger partial charge on any atom is 0.407 e. The summed E-state index contributed by atoms with van der Waals surface area (Å²) in [7, 11) is 0. The first kappa shape index (κ1) is 25.1. The van der Waals surface area contributed by atoms with Gasteiger partial charge >= 0.3 is 12.1 Å². The summed E-state index contributed by atoms with van der Waals surface area (Å²) in [5.41, 5.74) is 0.477. The lowest BCUT2D eigenvalue weighted by molar-refractivity contribution is -0.160. The highest BCUT2D eigenvalue weighted by molar-refractivity contribution is 5.71. The molecule has 1 saturated heterocycles. The largest absolute Gasteiger partial charge is 0.458 e. The minimum absolute atomic E-state index is 0.0606. The first-order chi connectivity index (χ1) is 14.8. The Kier molecular flexibility index (Phi) is 10.8. The van der Waals surface area contributed by atoms with E-state index in [1.54, 1.807) is 0 Å². The first-order valence-corrected chi connectivity index (χ1v) is 10.9. The molecule has 0 spiro atoms. The van der Waals surface area contributed by atoms with Gasteiger partial charge in [0.25, 0.3) is 0 Å². The predicted octanol–water partition coefficient (Wildman–Crippen LogP) is 2.75. The third kappa shape index (κ3) is 11.7. The van der Waals surface area contributed by atoms with Crippen LogP contribution in [-0.2, 0) is 30.3 Å². The van der Waals surface area contributed by atoms with Crippen molar-refractivity contribution in [2.75, 3.05) is 46.1 Å². The van der Waals surface area contributed by atoms with E-state index in [0.29, 0.717) is 19.8 Å². The molecule has 1 aliphatic rings. The standard InChI is InChI=1S/C23H36N2O6/c1-23(2,3)31-21(26)18-29-16-15-28-14-13-25-11-9-20(10-12-25)24-22(27)30-17-19-7-5-4-6-8-19/h4-8,20H,9-18H2,1-3H3,(H,24,27). The van der Waals surface area contributed by atoms with Crippen LogP contribution in [0.25, 0.3) is 0 Å². The Morgan fingerprint density at radius 3 is 2.39 bits per heavy atom. The third-order valence-electron chi connectivity index (χ3n) is 4.69. The van der Waals surface area contributed by atoms with Gasteiger partial charge in [0, 0.05) is 25.7 Å². The monoisotopic (exact) mass is 436 g/mol. The number of alkyl carbamates (subject to hydrolysis) is 1. The molecule has 8 nitrogen and oxygen atoms in total. The van der Waals surface area contributed by atoms with Gasteiger partial charge in [-0.2, -0.15) is 0 Å². The Morgan fingerprint density at radius 2 is 1.71 bits per heavy atom. The maximum absolute atomic E-state index is 12.0. The number of benzene rings is 1. The Labute approximate surface area is 185 Å². The summed E-state index contributed by atoms with van der Waals surface area (Å²) in [5.74, 6) is -0.368. The molecule has 0 saturated carbocycles. The van der Waals surface area contributed by atoms with Gasteiger partial charge in [-0.3, -0.25) is 0 Å². The second-order valence-electron chi connectivity index (χ2n) is 8.57. The Hall–Kier alpha value is -2.16. The molecular formula is C23H36N2O6. The van der Waals surface area contributed by atoms with Gasteiger partial charge in [-0.05, 0) is 39.2 Å². The van der Waals surface area contributed by atoms with E-state index in [4.69, 9.17) is 18.9 Å². The van der Waals surface area contributed by atoms with Crippen molar-refractivity contribution in [3.63, 3.8) is 0 Å². The molecular weight excluding hydrogens is 400 g/mol. The summed E-state index contributed by atoms with van der Waals surface area (Å²) in [6.07, 6.45) is 1.41. The molecule has 1 aromatic rings. The van der Waals surface area contributed by atoms with Crippen molar-refractivity contribution in [2.24, 2.45) is 0 Å². The minimum Gasteiger partial charge on any atom is -0.458 e. The second kappa shape index (κ2) is 13.3. The second-order valence-corrected chi connectivity index (χ2v) is 8.57. The number of likely N-dealkylation sites (tertiary alicyclic amines) is 1. The van der Waals surface area contributed by atoms with Crippen LogP contribution in [0.3, 0.4) is 0 Å². The number of carbonyl (C=O) groups is 2. The van der Waals surface area contributed by atoms with Crippen LogP contribution in [0, 0.1) is 0 Å². The number of carbonyl (C=O) groups excluding carboxylic acids is 2. The number of amides is 1. The van der Waals surface area contributed by atoms with E-state index in [2.05, 4.69) is 10.2 Å². The fourth-order valence-corrected chi connectivity index (χ4v) is 3.17. The van der Waals surface area contributed by atoms with Crippen molar-refractivity contribution in [3.05, 3.63) is 35.9 Å². The van der Waals surface area contributed by atoms with E-state index in [0.717, 1.165) is 38.0 Å². The van der Waals surface area contributed by atoms with Crippen molar-refractivity contribution in [2.45, 2.75) is 51.9 Å². The van der Waals surface area contributed by atoms with Crippen LogP contribution in [0.4, 0.5) is 4.79 Å². The highest BCUT2D eigenvalue weighted by atomic mass is 16.6. The number of ether oxygens (including phenoxy) is 4. The molecule has 0 unspecified atom stereocenters. The molecule has 8 heteroatoms. The Balaban J connectivity index is 1.45. The number of nitrogens with zero attached hydrogens (tertiary/aromatic N) is 1. The first-order valence-electron chi connectivity index (χ1n) is 10.9. The number of hydrogen-bond acceptors (Lipinski definition) is 7. The third-order valence-corrected chi connectivity index (χ3v) is 4.69. The van der Waals surface area contributed by atoms with Crippen molar-refractivity contribution in [1.82, 2.24) is 10.2 Å². The molecule has 174 valence electrons. The highest BCUT2D eigenvalue weighted by Gasteiger charge is 2.21. The molecule has 0 aromatic heterocycles. The van der Waals surface area contributed by atoms with E-state index in [9.17, 15) is 9.59 Å². The van der Waals surface area contributed by atoms with Crippen molar-refractivity contribution in [3.8, 4) is 0 Å². The quantitative estimate of drug-likeness (QED) is 0.422. The lowest BCUT2D eigenvalue weighted by Crippen LogP contribution is -2.45. The van der Waals surface area contributed by atoms with Gasteiger partial charge in [0.15, 0.2) is 0 Å². The Morgan fingerprint density at radius 1 is 1.03 bits per heavy atom. The van der Waals surface area contributed by atoms with Crippen LogP contribution in [-0.4, -0.2) is 74.7 Å². The minimum atomic E-state index is -0.498. The van der Waals surface area contributed by atoms with Crippen molar-refractivity contribution in [1.29, 1.82) is 0 Å². The molecule has 1 heterocycles. The predicted molar refractivity (Wildman–Crippen MR) is 117 cm³/mol. The number of rotatable bonds is 11. The van der Waals surface area contributed by atoms with Crippen LogP contribution in [0.1, 0.15) is 39.2 Å². The molecule has 0 radical (unpaired) electrons. The smallest absolute Gasteiger partial charge is 0.407 e.